The Morgan fingerprint density at radius 1 is 1.07 bits per heavy atom. The molecule has 1 saturated heterocycles. The quantitative estimate of drug-likeness (QED) is 0.793. The third-order valence-corrected chi connectivity index (χ3v) is 5.02. The van der Waals surface area contributed by atoms with Crippen LogP contribution in [0, 0.1) is 0 Å². The van der Waals surface area contributed by atoms with Crippen LogP contribution in [0.2, 0.25) is 0 Å². The number of likely N-dealkylation sites (N-methyl/N-ethyl adjacent to an activating group) is 1. The van der Waals surface area contributed by atoms with E-state index < -0.39 is 0 Å². The van der Waals surface area contributed by atoms with Gasteiger partial charge in [0.05, 0.1) is 18.8 Å². The Balaban J connectivity index is 1.65. The van der Waals surface area contributed by atoms with E-state index in [1.54, 1.807) is 0 Å². The van der Waals surface area contributed by atoms with Crippen LogP contribution in [-0.2, 0) is 16.1 Å². The van der Waals surface area contributed by atoms with Crippen LogP contribution in [0.3, 0.4) is 0 Å². The summed E-state index contributed by atoms with van der Waals surface area (Å²) in [5, 5.41) is 3.12. The lowest BCUT2D eigenvalue weighted by Gasteiger charge is -2.35. The summed E-state index contributed by atoms with van der Waals surface area (Å²) in [7, 11) is 0. The second kappa shape index (κ2) is 9.71. The number of ether oxygens (including phenoxy) is 1. The van der Waals surface area contributed by atoms with Gasteiger partial charge in [0.1, 0.15) is 0 Å². The first-order valence-corrected chi connectivity index (χ1v) is 10.1. The highest BCUT2D eigenvalue weighted by atomic mass is 16.5. The predicted octanol–water partition coefficient (Wildman–Crippen LogP) is 3.76. The van der Waals surface area contributed by atoms with Crippen molar-refractivity contribution < 1.29 is 9.53 Å². The van der Waals surface area contributed by atoms with Crippen LogP contribution in [-0.4, -0.2) is 49.2 Å². The summed E-state index contributed by atoms with van der Waals surface area (Å²) < 4.78 is 5.83. The van der Waals surface area contributed by atoms with E-state index in [2.05, 4.69) is 42.0 Å². The van der Waals surface area contributed by atoms with Gasteiger partial charge in [-0.3, -0.25) is 9.69 Å². The second-order valence-corrected chi connectivity index (χ2v) is 7.51. The van der Waals surface area contributed by atoms with E-state index in [1.807, 2.05) is 48.5 Å². The summed E-state index contributed by atoms with van der Waals surface area (Å²) in [6.45, 7) is 10.0. The van der Waals surface area contributed by atoms with Gasteiger partial charge in [0.2, 0.25) is 5.91 Å². The Morgan fingerprint density at radius 2 is 1.71 bits per heavy atom. The van der Waals surface area contributed by atoms with Crippen molar-refractivity contribution in [2.45, 2.75) is 39.5 Å². The zero-order valence-electron chi connectivity index (χ0n) is 17.1. The average molecular weight is 382 g/mol. The molecule has 1 heterocycles. The summed E-state index contributed by atoms with van der Waals surface area (Å²) in [6, 6.07) is 18.1. The molecule has 150 valence electrons. The molecule has 5 heteroatoms. The standard InChI is InChI=1S/C23H31N3O2/c1-4-26(21-11-6-5-7-12-21)17-23(27)24-22-13-9-8-10-20(22)16-25-14-18(2)28-19(3)15-25/h5-13,18-19H,4,14-17H2,1-3H3,(H,24,27). The van der Waals surface area contributed by atoms with Gasteiger partial charge in [0.25, 0.3) is 0 Å². The molecule has 1 aliphatic heterocycles. The van der Waals surface area contributed by atoms with Crippen LogP contribution in [0.4, 0.5) is 11.4 Å². The molecule has 0 spiro atoms. The van der Waals surface area contributed by atoms with Crippen molar-refractivity contribution >= 4 is 17.3 Å². The molecule has 2 unspecified atom stereocenters. The number of rotatable bonds is 7. The molecule has 28 heavy (non-hydrogen) atoms. The highest BCUT2D eigenvalue weighted by Gasteiger charge is 2.23. The van der Waals surface area contributed by atoms with Crippen LogP contribution in [0.15, 0.2) is 54.6 Å². The van der Waals surface area contributed by atoms with E-state index in [4.69, 9.17) is 4.74 Å². The van der Waals surface area contributed by atoms with E-state index in [-0.39, 0.29) is 18.1 Å². The van der Waals surface area contributed by atoms with Gasteiger partial charge in [-0.15, -0.1) is 0 Å². The molecule has 1 fully saturated rings. The van der Waals surface area contributed by atoms with Crippen molar-refractivity contribution in [1.29, 1.82) is 0 Å². The minimum Gasteiger partial charge on any atom is -0.373 e. The van der Waals surface area contributed by atoms with Gasteiger partial charge in [-0.2, -0.15) is 0 Å². The van der Waals surface area contributed by atoms with Crippen molar-refractivity contribution in [3.05, 3.63) is 60.2 Å². The van der Waals surface area contributed by atoms with Crippen molar-refractivity contribution in [2.24, 2.45) is 0 Å². The Labute approximate surface area is 168 Å². The van der Waals surface area contributed by atoms with Gasteiger partial charge in [-0.05, 0) is 44.5 Å². The van der Waals surface area contributed by atoms with Crippen molar-refractivity contribution in [3.8, 4) is 0 Å². The molecule has 2 aromatic carbocycles. The van der Waals surface area contributed by atoms with Gasteiger partial charge >= 0.3 is 0 Å². The molecule has 5 nitrogen and oxygen atoms in total. The number of carbonyl (C=O) groups excluding carboxylic acids is 1. The molecule has 1 N–H and O–H groups in total. The molecule has 2 aromatic rings. The third-order valence-electron chi connectivity index (χ3n) is 5.02. The second-order valence-electron chi connectivity index (χ2n) is 7.51. The first kappa shape index (κ1) is 20.4. The van der Waals surface area contributed by atoms with Gasteiger partial charge in [0.15, 0.2) is 0 Å². The number of hydrogen-bond acceptors (Lipinski definition) is 4. The number of nitrogens with zero attached hydrogens (tertiary/aromatic N) is 2. The lowest BCUT2D eigenvalue weighted by molar-refractivity contribution is -0.115. The maximum absolute atomic E-state index is 12.7. The number of benzene rings is 2. The maximum atomic E-state index is 12.7. The van der Waals surface area contributed by atoms with Gasteiger partial charge < -0.3 is 15.0 Å². The summed E-state index contributed by atoms with van der Waals surface area (Å²) in [4.78, 5) is 17.2. The zero-order chi connectivity index (χ0) is 19.9. The molecule has 0 radical (unpaired) electrons. The van der Waals surface area contributed by atoms with Gasteiger partial charge in [0, 0.05) is 37.6 Å². The summed E-state index contributed by atoms with van der Waals surface area (Å²) in [6.07, 6.45) is 0.462. The molecule has 2 atom stereocenters. The van der Waals surface area contributed by atoms with Crippen molar-refractivity contribution in [2.75, 3.05) is 36.4 Å². The highest BCUT2D eigenvalue weighted by Crippen LogP contribution is 2.21. The fourth-order valence-corrected chi connectivity index (χ4v) is 3.82. The van der Waals surface area contributed by atoms with E-state index in [9.17, 15) is 4.79 Å². The first-order chi connectivity index (χ1) is 13.5. The van der Waals surface area contributed by atoms with Crippen molar-refractivity contribution in [3.63, 3.8) is 0 Å². The largest absolute Gasteiger partial charge is 0.373 e. The van der Waals surface area contributed by atoms with Crippen LogP contribution in [0.1, 0.15) is 26.3 Å². The summed E-state index contributed by atoms with van der Waals surface area (Å²) >= 11 is 0. The number of amides is 1. The SMILES string of the molecule is CCN(CC(=O)Nc1ccccc1CN1CC(C)OC(C)C1)c1ccccc1. The van der Waals surface area contributed by atoms with E-state index in [0.29, 0.717) is 6.54 Å². The molecule has 1 aliphatic rings. The van der Waals surface area contributed by atoms with Crippen LogP contribution in [0.25, 0.3) is 0 Å². The zero-order valence-corrected chi connectivity index (χ0v) is 17.1. The van der Waals surface area contributed by atoms with E-state index in [1.165, 1.54) is 0 Å². The van der Waals surface area contributed by atoms with E-state index >= 15 is 0 Å². The maximum Gasteiger partial charge on any atom is 0.243 e. The fourth-order valence-electron chi connectivity index (χ4n) is 3.82. The Hall–Kier alpha value is -2.37. The molecule has 3 rings (SSSR count). The number of hydrogen-bond donors (Lipinski definition) is 1. The highest BCUT2D eigenvalue weighted by molar-refractivity contribution is 5.94. The van der Waals surface area contributed by atoms with Gasteiger partial charge in [-0.25, -0.2) is 0 Å². The predicted molar refractivity (Wildman–Crippen MR) is 115 cm³/mol. The molecule has 0 bridgehead atoms. The smallest absolute Gasteiger partial charge is 0.243 e. The first-order valence-electron chi connectivity index (χ1n) is 10.1. The summed E-state index contributed by atoms with van der Waals surface area (Å²) in [5.41, 5.74) is 3.09. The Bertz CT molecular complexity index is 755. The summed E-state index contributed by atoms with van der Waals surface area (Å²) in [5.74, 6) is 0.00173. The average Bonchev–Trinajstić information content (AvgIpc) is 2.67. The lowest BCUT2D eigenvalue weighted by Crippen LogP contribution is -2.44. The molecule has 0 aliphatic carbocycles. The third kappa shape index (κ3) is 5.57. The molecule has 0 aromatic heterocycles. The number of morpholine rings is 1. The molecular formula is C23H31N3O2. The number of nitrogens with one attached hydrogen (secondary N) is 1. The van der Waals surface area contributed by atoms with Crippen LogP contribution in [0.5, 0.6) is 0 Å². The fraction of sp³-hybridized carbons (Fsp3) is 0.435. The van der Waals surface area contributed by atoms with Gasteiger partial charge in [-0.1, -0.05) is 36.4 Å². The monoisotopic (exact) mass is 381 g/mol. The van der Waals surface area contributed by atoms with Crippen molar-refractivity contribution in [1.82, 2.24) is 4.90 Å². The van der Waals surface area contributed by atoms with Crippen LogP contribution < -0.4 is 10.2 Å². The topological polar surface area (TPSA) is 44.8 Å². The number of carbonyl (C=O) groups is 1. The molecular weight excluding hydrogens is 350 g/mol. The normalized spacial score (nSPS) is 20.0. The molecule has 0 saturated carbocycles. The van der Waals surface area contributed by atoms with E-state index in [0.717, 1.165) is 43.1 Å². The molecule has 1 amide bonds. The minimum absolute atomic E-state index is 0.00173. The number of para-hydroxylation sites is 2. The Morgan fingerprint density at radius 3 is 2.39 bits per heavy atom. The minimum atomic E-state index is 0.00173. The lowest BCUT2D eigenvalue weighted by atomic mass is 10.1. The number of anilines is 2. The Kier molecular flexibility index (Phi) is 7.06. The van der Waals surface area contributed by atoms with Crippen LogP contribution >= 0.6 is 0 Å².